The molecular weight excluding hydrogens is 326 g/mol. The number of carbonyl (C=O) groups excluding carboxylic acids is 1. The first-order chi connectivity index (χ1) is 9.56. The van der Waals surface area contributed by atoms with E-state index >= 15 is 0 Å². The zero-order valence-electron chi connectivity index (χ0n) is 10.8. The first kappa shape index (κ1) is 15.0. The molecule has 1 heterocycles. The Morgan fingerprint density at radius 3 is 2.65 bits per heavy atom. The number of hydrogen-bond acceptors (Lipinski definition) is 3. The summed E-state index contributed by atoms with van der Waals surface area (Å²) in [5, 5.41) is 11.8. The summed E-state index contributed by atoms with van der Waals surface area (Å²) in [4.78, 5) is 23.0. The molecule has 0 unspecified atom stereocenters. The van der Waals surface area contributed by atoms with Crippen LogP contribution in [-0.2, 0) is 14.3 Å². The molecule has 6 heteroatoms. The van der Waals surface area contributed by atoms with Gasteiger partial charge >= 0.3 is 5.97 Å². The Bertz CT molecular complexity index is 482. The predicted molar refractivity (Wildman–Crippen MR) is 76.3 cm³/mol. The van der Waals surface area contributed by atoms with Crippen LogP contribution in [0.15, 0.2) is 28.7 Å². The highest BCUT2D eigenvalue weighted by molar-refractivity contribution is 9.10. The van der Waals surface area contributed by atoms with E-state index in [0.717, 1.165) is 16.5 Å². The maximum Gasteiger partial charge on any atom is 0.305 e. The monoisotopic (exact) mass is 341 g/mol. The molecule has 0 aliphatic carbocycles. The summed E-state index contributed by atoms with van der Waals surface area (Å²) in [7, 11) is 0. The number of rotatable bonds is 5. The first-order valence-electron chi connectivity index (χ1n) is 6.45. The van der Waals surface area contributed by atoms with Crippen LogP contribution in [0.1, 0.15) is 30.9 Å². The average molecular weight is 342 g/mol. The van der Waals surface area contributed by atoms with E-state index in [0.29, 0.717) is 13.0 Å². The van der Waals surface area contributed by atoms with Gasteiger partial charge in [-0.1, -0.05) is 28.1 Å². The molecule has 1 aliphatic rings. The van der Waals surface area contributed by atoms with Crippen LogP contribution in [0.25, 0.3) is 0 Å². The molecule has 20 heavy (non-hydrogen) atoms. The van der Waals surface area contributed by atoms with Crippen LogP contribution in [0, 0.1) is 0 Å². The van der Waals surface area contributed by atoms with Crippen molar-refractivity contribution in [3.05, 3.63) is 34.3 Å². The quantitative estimate of drug-likeness (QED) is 0.861. The van der Waals surface area contributed by atoms with Crippen molar-refractivity contribution in [2.45, 2.75) is 31.4 Å². The van der Waals surface area contributed by atoms with Gasteiger partial charge in [0.15, 0.2) is 0 Å². The zero-order chi connectivity index (χ0) is 14.5. The molecule has 1 amide bonds. The van der Waals surface area contributed by atoms with Crippen molar-refractivity contribution in [3.63, 3.8) is 0 Å². The number of amides is 1. The second-order valence-electron chi connectivity index (χ2n) is 4.71. The van der Waals surface area contributed by atoms with Gasteiger partial charge in [0, 0.05) is 11.1 Å². The van der Waals surface area contributed by atoms with Crippen molar-refractivity contribution in [2.24, 2.45) is 0 Å². The fraction of sp³-hybridized carbons (Fsp3) is 0.429. The van der Waals surface area contributed by atoms with Crippen molar-refractivity contribution in [2.75, 3.05) is 6.61 Å². The number of carbonyl (C=O) groups is 2. The Labute approximate surface area is 125 Å². The van der Waals surface area contributed by atoms with Crippen molar-refractivity contribution in [1.82, 2.24) is 5.32 Å². The fourth-order valence-electron chi connectivity index (χ4n) is 2.17. The summed E-state index contributed by atoms with van der Waals surface area (Å²) < 4.78 is 6.21. The van der Waals surface area contributed by atoms with Gasteiger partial charge in [0.2, 0.25) is 5.91 Å². The maximum absolute atomic E-state index is 12.0. The molecule has 0 bridgehead atoms. The van der Waals surface area contributed by atoms with Crippen LogP contribution >= 0.6 is 15.9 Å². The maximum atomic E-state index is 12.0. The molecule has 1 aromatic rings. The van der Waals surface area contributed by atoms with Gasteiger partial charge in [-0.2, -0.15) is 0 Å². The van der Waals surface area contributed by atoms with E-state index < -0.39 is 18.1 Å². The second-order valence-corrected chi connectivity index (χ2v) is 5.63. The van der Waals surface area contributed by atoms with Gasteiger partial charge in [0.05, 0.1) is 12.5 Å². The van der Waals surface area contributed by atoms with Gasteiger partial charge in [-0.25, -0.2) is 0 Å². The average Bonchev–Trinajstić information content (AvgIpc) is 2.92. The Balaban J connectivity index is 2.08. The summed E-state index contributed by atoms with van der Waals surface area (Å²) >= 11 is 3.33. The number of aliphatic carboxylic acids is 1. The highest BCUT2D eigenvalue weighted by Crippen LogP contribution is 2.21. The summed E-state index contributed by atoms with van der Waals surface area (Å²) in [5.41, 5.74) is 0.766. The van der Waals surface area contributed by atoms with Gasteiger partial charge in [0.1, 0.15) is 6.10 Å². The molecule has 0 spiro atoms. The number of benzene rings is 1. The molecule has 1 aliphatic heterocycles. The standard InChI is InChI=1S/C14H16BrNO4/c15-10-5-3-9(4-6-10)11(8-13(17)18)16-14(19)12-2-1-7-20-12/h3-6,11-12H,1-2,7-8H2,(H,16,19)(H,17,18)/t11-,12-/m1/s1. The van der Waals surface area contributed by atoms with Gasteiger partial charge < -0.3 is 15.2 Å². The number of hydrogen-bond donors (Lipinski definition) is 2. The fourth-order valence-corrected chi connectivity index (χ4v) is 2.44. The van der Waals surface area contributed by atoms with Crippen LogP contribution in [0.2, 0.25) is 0 Å². The van der Waals surface area contributed by atoms with E-state index in [1.807, 2.05) is 12.1 Å². The lowest BCUT2D eigenvalue weighted by Gasteiger charge is -2.19. The van der Waals surface area contributed by atoms with Crippen LogP contribution in [0.4, 0.5) is 0 Å². The van der Waals surface area contributed by atoms with Gasteiger partial charge in [0.25, 0.3) is 0 Å². The summed E-state index contributed by atoms with van der Waals surface area (Å²) in [5.74, 6) is -1.19. The summed E-state index contributed by atoms with van der Waals surface area (Å²) in [6.07, 6.45) is 0.938. The minimum absolute atomic E-state index is 0.153. The molecule has 5 nitrogen and oxygen atoms in total. The van der Waals surface area contributed by atoms with E-state index in [1.54, 1.807) is 12.1 Å². The SMILES string of the molecule is O=C(O)C[C@@H](NC(=O)[C@H]1CCCO1)c1ccc(Br)cc1. The molecule has 108 valence electrons. The molecule has 2 atom stereocenters. The lowest BCUT2D eigenvalue weighted by Crippen LogP contribution is -2.37. The number of carboxylic acid groups (broad SMARTS) is 1. The second kappa shape index (κ2) is 6.85. The lowest BCUT2D eigenvalue weighted by atomic mass is 10.0. The molecule has 0 aromatic heterocycles. The van der Waals surface area contributed by atoms with E-state index in [1.165, 1.54) is 0 Å². The van der Waals surface area contributed by atoms with E-state index in [2.05, 4.69) is 21.2 Å². The van der Waals surface area contributed by atoms with Crippen molar-refractivity contribution in [3.8, 4) is 0 Å². The Kier molecular flexibility index (Phi) is 5.14. The number of halogens is 1. The first-order valence-corrected chi connectivity index (χ1v) is 7.25. The smallest absolute Gasteiger partial charge is 0.305 e. The lowest BCUT2D eigenvalue weighted by molar-refractivity contribution is -0.138. The van der Waals surface area contributed by atoms with Crippen LogP contribution < -0.4 is 5.32 Å². The van der Waals surface area contributed by atoms with Gasteiger partial charge in [-0.05, 0) is 30.5 Å². The highest BCUT2D eigenvalue weighted by atomic mass is 79.9. The third-order valence-corrected chi connectivity index (χ3v) is 3.72. The van der Waals surface area contributed by atoms with Crippen LogP contribution in [0.3, 0.4) is 0 Å². The molecule has 0 saturated carbocycles. The van der Waals surface area contributed by atoms with E-state index in [4.69, 9.17) is 9.84 Å². The van der Waals surface area contributed by atoms with Gasteiger partial charge in [-0.15, -0.1) is 0 Å². The van der Waals surface area contributed by atoms with E-state index in [-0.39, 0.29) is 12.3 Å². The minimum atomic E-state index is -0.953. The molecule has 1 saturated heterocycles. The Morgan fingerprint density at radius 1 is 1.40 bits per heavy atom. The summed E-state index contributed by atoms with van der Waals surface area (Å²) in [6, 6.07) is 6.70. The van der Waals surface area contributed by atoms with Crippen molar-refractivity contribution >= 4 is 27.8 Å². The van der Waals surface area contributed by atoms with Gasteiger partial charge in [-0.3, -0.25) is 9.59 Å². The number of nitrogens with one attached hydrogen (secondary N) is 1. The van der Waals surface area contributed by atoms with Crippen molar-refractivity contribution < 1.29 is 19.4 Å². The zero-order valence-corrected chi connectivity index (χ0v) is 12.4. The normalized spacial score (nSPS) is 19.6. The number of ether oxygens (including phenoxy) is 1. The molecule has 2 N–H and O–H groups in total. The molecule has 1 aromatic carbocycles. The summed E-state index contributed by atoms with van der Waals surface area (Å²) in [6.45, 7) is 0.583. The van der Waals surface area contributed by atoms with Crippen LogP contribution in [0.5, 0.6) is 0 Å². The largest absolute Gasteiger partial charge is 0.481 e. The molecule has 2 rings (SSSR count). The topological polar surface area (TPSA) is 75.6 Å². The third-order valence-electron chi connectivity index (χ3n) is 3.19. The third kappa shape index (κ3) is 4.05. The molecular formula is C14H16BrNO4. The predicted octanol–water partition coefficient (Wildman–Crippen LogP) is 2.26. The van der Waals surface area contributed by atoms with Crippen molar-refractivity contribution in [1.29, 1.82) is 0 Å². The molecule has 0 radical (unpaired) electrons. The minimum Gasteiger partial charge on any atom is -0.481 e. The Morgan fingerprint density at radius 2 is 2.10 bits per heavy atom. The van der Waals surface area contributed by atoms with Crippen LogP contribution in [-0.4, -0.2) is 29.7 Å². The molecule has 1 fully saturated rings. The van der Waals surface area contributed by atoms with E-state index in [9.17, 15) is 9.59 Å². The number of carboxylic acids is 1. The Hall–Kier alpha value is -1.40. The highest BCUT2D eigenvalue weighted by Gasteiger charge is 2.27.